The molecule has 0 aromatic carbocycles. The molecule has 3 N–H and O–H groups in total. The number of thioether (sulfide) groups is 1. The zero-order valence-electron chi connectivity index (χ0n) is 9.85. The molecule has 0 radical (unpaired) electrons. The highest BCUT2D eigenvalue weighted by Gasteiger charge is 2.33. The minimum atomic E-state index is -0.420. The maximum Gasteiger partial charge on any atom is 0.241 e. The third-order valence-corrected chi connectivity index (χ3v) is 4.33. The average molecular weight is 257 g/mol. The summed E-state index contributed by atoms with van der Waals surface area (Å²) < 4.78 is 0. The lowest BCUT2D eigenvalue weighted by atomic mass is 10.1. The predicted molar refractivity (Wildman–Crippen MR) is 67.4 cm³/mol. The standard InChI is InChI=1S/C11H19N3O2S/c12-10(15)5-14(8-3-1-2-4-8)11(16)9-6-17-7-13-9/h8-9,13H,1-7H2,(H2,12,15). The molecule has 0 aromatic rings. The van der Waals surface area contributed by atoms with Crippen molar-refractivity contribution in [1.29, 1.82) is 0 Å². The molecule has 96 valence electrons. The van der Waals surface area contributed by atoms with Crippen LogP contribution in [0.25, 0.3) is 0 Å². The molecule has 2 aliphatic rings. The van der Waals surface area contributed by atoms with Crippen LogP contribution in [-0.2, 0) is 9.59 Å². The van der Waals surface area contributed by atoms with Crippen molar-refractivity contribution in [1.82, 2.24) is 10.2 Å². The van der Waals surface area contributed by atoms with E-state index in [-0.39, 0.29) is 24.5 Å². The number of hydrogen-bond donors (Lipinski definition) is 2. The van der Waals surface area contributed by atoms with Crippen molar-refractivity contribution in [2.75, 3.05) is 18.2 Å². The Labute approximate surface area is 105 Å². The van der Waals surface area contributed by atoms with Crippen LogP contribution in [0.4, 0.5) is 0 Å². The molecule has 6 heteroatoms. The normalized spacial score (nSPS) is 25.1. The molecular formula is C11H19N3O2S. The molecule has 1 unspecified atom stereocenters. The minimum absolute atomic E-state index is 0.0423. The molecule has 1 heterocycles. The Bertz CT molecular complexity index is 299. The molecule has 1 saturated carbocycles. The zero-order valence-corrected chi connectivity index (χ0v) is 10.7. The van der Waals surface area contributed by atoms with Gasteiger partial charge in [-0.15, -0.1) is 11.8 Å². The van der Waals surface area contributed by atoms with Crippen LogP contribution in [-0.4, -0.2) is 47.0 Å². The van der Waals surface area contributed by atoms with Gasteiger partial charge in [-0.3, -0.25) is 14.9 Å². The monoisotopic (exact) mass is 257 g/mol. The van der Waals surface area contributed by atoms with Crippen molar-refractivity contribution in [2.45, 2.75) is 37.8 Å². The number of nitrogens with zero attached hydrogens (tertiary/aromatic N) is 1. The largest absolute Gasteiger partial charge is 0.368 e. The smallest absolute Gasteiger partial charge is 0.241 e. The number of amides is 2. The van der Waals surface area contributed by atoms with Gasteiger partial charge in [-0.2, -0.15) is 0 Å². The lowest BCUT2D eigenvalue weighted by Crippen LogP contribution is -2.51. The van der Waals surface area contributed by atoms with Crippen molar-refractivity contribution in [2.24, 2.45) is 5.73 Å². The van der Waals surface area contributed by atoms with Gasteiger partial charge in [0.1, 0.15) is 0 Å². The van der Waals surface area contributed by atoms with E-state index in [9.17, 15) is 9.59 Å². The van der Waals surface area contributed by atoms with Crippen LogP contribution in [0, 0.1) is 0 Å². The molecule has 0 bridgehead atoms. The number of primary amides is 1. The second-order valence-corrected chi connectivity index (χ2v) is 5.67. The van der Waals surface area contributed by atoms with E-state index in [1.807, 2.05) is 0 Å². The van der Waals surface area contributed by atoms with E-state index in [0.29, 0.717) is 0 Å². The summed E-state index contributed by atoms with van der Waals surface area (Å²) in [6, 6.07) is 0.0716. The Balaban J connectivity index is 2.02. The molecule has 1 aliphatic carbocycles. The summed E-state index contributed by atoms with van der Waals surface area (Å²) in [5.74, 6) is 1.23. The molecule has 2 amide bonds. The van der Waals surface area contributed by atoms with Gasteiger partial charge in [-0.05, 0) is 12.8 Å². The van der Waals surface area contributed by atoms with Crippen molar-refractivity contribution < 1.29 is 9.59 Å². The Morgan fingerprint density at radius 3 is 2.59 bits per heavy atom. The van der Waals surface area contributed by atoms with E-state index < -0.39 is 5.91 Å². The first-order chi connectivity index (χ1) is 8.18. The molecule has 2 rings (SSSR count). The van der Waals surface area contributed by atoms with E-state index in [1.54, 1.807) is 16.7 Å². The molecule has 1 atom stereocenters. The second kappa shape index (κ2) is 5.73. The Morgan fingerprint density at radius 2 is 2.06 bits per heavy atom. The Kier molecular flexibility index (Phi) is 4.28. The third kappa shape index (κ3) is 3.13. The Hall–Kier alpha value is -0.750. The van der Waals surface area contributed by atoms with E-state index in [2.05, 4.69) is 5.32 Å². The lowest BCUT2D eigenvalue weighted by molar-refractivity contribution is -0.138. The highest BCUT2D eigenvalue weighted by molar-refractivity contribution is 7.99. The van der Waals surface area contributed by atoms with E-state index >= 15 is 0 Å². The van der Waals surface area contributed by atoms with Gasteiger partial charge in [-0.25, -0.2) is 0 Å². The fraction of sp³-hybridized carbons (Fsp3) is 0.818. The van der Waals surface area contributed by atoms with Gasteiger partial charge in [0.05, 0.1) is 12.6 Å². The average Bonchev–Trinajstić information content (AvgIpc) is 2.96. The zero-order chi connectivity index (χ0) is 12.3. The molecule has 2 fully saturated rings. The number of hydrogen-bond acceptors (Lipinski definition) is 4. The van der Waals surface area contributed by atoms with E-state index in [4.69, 9.17) is 5.73 Å². The minimum Gasteiger partial charge on any atom is -0.368 e. The van der Waals surface area contributed by atoms with Gasteiger partial charge in [0.15, 0.2) is 0 Å². The van der Waals surface area contributed by atoms with E-state index in [0.717, 1.165) is 37.3 Å². The quantitative estimate of drug-likeness (QED) is 0.738. The molecule has 17 heavy (non-hydrogen) atoms. The van der Waals surface area contributed by atoms with Crippen LogP contribution >= 0.6 is 11.8 Å². The summed E-state index contributed by atoms with van der Waals surface area (Å²) in [4.78, 5) is 25.1. The summed E-state index contributed by atoms with van der Waals surface area (Å²) in [6.45, 7) is 0.0619. The number of rotatable bonds is 4. The number of nitrogens with one attached hydrogen (secondary N) is 1. The van der Waals surface area contributed by atoms with Crippen LogP contribution < -0.4 is 11.1 Å². The second-order valence-electron chi connectivity index (χ2n) is 4.64. The van der Waals surface area contributed by atoms with Crippen LogP contribution in [0.5, 0.6) is 0 Å². The van der Waals surface area contributed by atoms with Gasteiger partial charge in [0, 0.05) is 17.7 Å². The summed E-state index contributed by atoms with van der Waals surface area (Å²) in [5, 5.41) is 3.15. The van der Waals surface area contributed by atoms with Gasteiger partial charge in [-0.1, -0.05) is 12.8 Å². The first kappa shape index (κ1) is 12.7. The van der Waals surface area contributed by atoms with Crippen LogP contribution in [0.3, 0.4) is 0 Å². The Morgan fingerprint density at radius 1 is 1.35 bits per heavy atom. The fourth-order valence-electron chi connectivity index (χ4n) is 2.52. The molecule has 0 spiro atoms. The van der Waals surface area contributed by atoms with Gasteiger partial charge in [0.2, 0.25) is 11.8 Å². The number of carbonyl (C=O) groups excluding carboxylic acids is 2. The van der Waals surface area contributed by atoms with Crippen LogP contribution in [0.1, 0.15) is 25.7 Å². The molecule has 1 saturated heterocycles. The molecule has 5 nitrogen and oxygen atoms in total. The molecular weight excluding hydrogens is 238 g/mol. The summed E-state index contributed by atoms with van der Waals surface area (Å²) >= 11 is 1.71. The van der Waals surface area contributed by atoms with E-state index in [1.165, 1.54) is 0 Å². The first-order valence-electron chi connectivity index (χ1n) is 6.08. The van der Waals surface area contributed by atoms with Gasteiger partial charge in [0.25, 0.3) is 0 Å². The van der Waals surface area contributed by atoms with Crippen molar-refractivity contribution in [3.63, 3.8) is 0 Å². The predicted octanol–water partition coefficient (Wildman–Crippen LogP) is -0.0946. The maximum atomic E-state index is 12.3. The highest BCUT2D eigenvalue weighted by atomic mass is 32.2. The topological polar surface area (TPSA) is 75.4 Å². The van der Waals surface area contributed by atoms with Crippen LogP contribution in [0.15, 0.2) is 0 Å². The summed E-state index contributed by atoms with van der Waals surface area (Å²) in [5.41, 5.74) is 5.24. The van der Waals surface area contributed by atoms with Crippen molar-refractivity contribution in [3.05, 3.63) is 0 Å². The van der Waals surface area contributed by atoms with Crippen LogP contribution in [0.2, 0.25) is 0 Å². The third-order valence-electron chi connectivity index (χ3n) is 3.39. The molecule has 1 aliphatic heterocycles. The lowest BCUT2D eigenvalue weighted by Gasteiger charge is -2.30. The van der Waals surface area contributed by atoms with Crippen molar-refractivity contribution >= 4 is 23.6 Å². The highest BCUT2D eigenvalue weighted by Crippen LogP contribution is 2.25. The van der Waals surface area contributed by atoms with Gasteiger partial charge < -0.3 is 10.6 Å². The number of carbonyl (C=O) groups is 2. The first-order valence-corrected chi connectivity index (χ1v) is 7.24. The fourth-order valence-corrected chi connectivity index (χ4v) is 3.46. The van der Waals surface area contributed by atoms with Gasteiger partial charge >= 0.3 is 0 Å². The summed E-state index contributed by atoms with van der Waals surface area (Å²) in [7, 11) is 0. The van der Waals surface area contributed by atoms with Crippen molar-refractivity contribution in [3.8, 4) is 0 Å². The molecule has 0 aromatic heterocycles. The maximum absolute atomic E-state index is 12.3. The number of nitrogens with two attached hydrogens (primary N) is 1. The SMILES string of the molecule is NC(=O)CN(C(=O)C1CSCN1)C1CCCC1. The summed E-state index contributed by atoms with van der Waals surface area (Å²) in [6.07, 6.45) is 4.28.